The zero-order valence-electron chi connectivity index (χ0n) is 10.7. The molecular weight excluding hydrogens is 258 g/mol. The molecule has 2 rings (SSSR count). The number of rotatable bonds is 4. The van der Waals surface area contributed by atoms with E-state index >= 15 is 0 Å². The Morgan fingerprint density at radius 3 is 2.75 bits per heavy atom. The Balaban J connectivity index is 2.24. The Morgan fingerprint density at radius 1 is 1.45 bits per heavy atom. The second-order valence-electron chi connectivity index (χ2n) is 4.13. The average molecular weight is 271 g/mol. The lowest BCUT2D eigenvalue weighted by Crippen LogP contribution is -2.39. The zero-order chi connectivity index (χ0) is 14.5. The van der Waals surface area contributed by atoms with Gasteiger partial charge in [-0.05, 0) is 12.1 Å². The van der Waals surface area contributed by atoms with Gasteiger partial charge < -0.3 is 10.5 Å². The zero-order valence-corrected chi connectivity index (χ0v) is 10.7. The number of carbonyl (C=O) groups is 2. The fourth-order valence-corrected chi connectivity index (χ4v) is 1.86. The van der Waals surface area contributed by atoms with Gasteiger partial charge in [-0.25, -0.2) is 4.79 Å². The van der Waals surface area contributed by atoms with Crippen LogP contribution in [0.5, 0.6) is 0 Å². The number of nitrogens with zero attached hydrogens (tertiary/aromatic N) is 2. The Kier molecular flexibility index (Phi) is 4.01. The summed E-state index contributed by atoms with van der Waals surface area (Å²) in [6.45, 7) is -0.134. The van der Waals surface area contributed by atoms with Crippen molar-refractivity contribution in [3.05, 3.63) is 30.3 Å². The van der Waals surface area contributed by atoms with Crippen molar-refractivity contribution < 1.29 is 14.3 Å². The molecule has 1 aliphatic heterocycles. The van der Waals surface area contributed by atoms with Crippen LogP contribution < -0.4 is 10.7 Å². The molecule has 6 nitrogen and oxygen atoms in total. The highest BCUT2D eigenvalue weighted by atomic mass is 16.5. The van der Waals surface area contributed by atoms with Gasteiger partial charge in [0.2, 0.25) is 5.91 Å². The van der Waals surface area contributed by atoms with Crippen LogP contribution in [-0.2, 0) is 14.3 Å². The average Bonchev–Trinajstić information content (AvgIpc) is 2.91. The van der Waals surface area contributed by atoms with Gasteiger partial charge in [-0.2, -0.15) is 5.10 Å². The number of para-hydroxylation sites is 1. The van der Waals surface area contributed by atoms with Crippen LogP contribution in [0.1, 0.15) is 6.42 Å². The Labute approximate surface area is 116 Å². The first kappa shape index (κ1) is 13.6. The number of hydrogen-bond donors (Lipinski definition) is 1. The van der Waals surface area contributed by atoms with Crippen molar-refractivity contribution in [3.63, 3.8) is 0 Å². The van der Waals surface area contributed by atoms with E-state index in [1.807, 2.05) is 6.07 Å². The smallest absolute Gasteiger partial charge is 0.355 e. The highest BCUT2D eigenvalue weighted by Gasteiger charge is 2.35. The maximum absolute atomic E-state index is 11.7. The number of amides is 1. The van der Waals surface area contributed by atoms with Gasteiger partial charge in [0.1, 0.15) is 11.8 Å². The Morgan fingerprint density at radius 2 is 2.15 bits per heavy atom. The number of nitrogens with two attached hydrogens (primary N) is 1. The molecule has 0 aliphatic carbocycles. The highest BCUT2D eigenvalue weighted by molar-refractivity contribution is 6.38. The second kappa shape index (κ2) is 5.89. The minimum absolute atomic E-state index is 0.105. The Hall–Kier alpha value is -2.81. The molecule has 6 heteroatoms. The maximum Gasteiger partial charge on any atom is 0.355 e. The number of esters is 1. The van der Waals surface area contributed by atoms with E-state index in [0.717, 1.165) is 0 Å². The van der Waals surface area contributed by atoms with Gasteiger partial charge in [-0.1, -0.05) is 24.1 Å². The molecule has 1 atom stereocenters. The van der Waals surface area contributed by atoms with Crippen LogP contribution in [0.4, 0.5) is 5.69 Å². The molecular formula is C14H13N3O3. The lowest BCUT2D eigenvalue weighted by Gasteiger charge is -2.20. The van der Waals surface area contributed by atoms with Crippen molar-refractivity contribution in [1.82, 2.24) is 0 Å². The van der Waals surface area contributed by atoms with E-state index in [9.17, 15) is 9.59 Å². The molecule has 0 fully saturated rings. The molecule has 0 bridgehead atoms. The molecule has 1 aromatic rings. The molecule has 1 amide bonds. The lowest BCUT2D eigenvalue weighted by molar-refractivity contribution is -0.134. The molecule has 0 unspecified atom stereocenters. The molecule has 2 N–H and O–H groups in total. The summed E-state index contributed by atoms with van der Waals surface area (Å²) >= 11 is 0. The third-order valence-electron chi connectivity index (χ3n) is 2.78. The quantitative estimate of drug-likeness (QED) is 0.629. The van der Waals surface area contributed by atoms with Gasteiger partial charge in [-0.3, -0.25) is 9.80 Å². The number of carbonyl (C=O) groups excluding carboxylic acids is 2. The van der Waals surface area contributed by atoms with Crippen LogP contribution >= 0.6 is 0 Å². The normalized spacial score (nSPS) is 17.2. The molecule has 1 aromatic carbocycles. The first-order chi connectivity index (χ1) is 9.63. The summed E-state index contributed by atoms with van der Waals surface area (Å²) in [6.07, 6.45) is 5.12. The van der Waals surface area contributed by atoms with Gasteiger partial charge in [-0.15, -0.1) is 6.42 Å². The van der Waals surface area contributed by atoms with Crippen molar-refractivity contribution in [2.45, 2.75) is 12.5 Å². The van der Waals surface area contributed by atoms with Crippen LogP contribution in [0.15, 0.2) is 35.4 Å². The molecule has 1 aliphatic rings. The molecule has 0 saturated carbocycles. The summed E-state index contributed by atoms with van der Waals surface area (Å²) in [7, 11) is 0. The van der Waals surface area contributed by atoms with Gasteiger partial charge in [0.05, 0.1) is 5.69 Å². The summed E-state index contributed by atoms with van der Waals surface area (Å²) in [4.78, 5) is 23.2. The van der Waals surface area contributed by atoms with E-state index in [-0.39, 0.29) is 18.7 Å². The fraction of sp³-hybridized carbons (Fsp3) is 0.214. The predicted octanol–water partition coefficient (Wildman–Crippen LogP) is 0.283. The summed E-state index contributed by atoms with van der Waals surface area (Å²) in [6, 6.07) is 8.29. The molecule has 20 heavy (non-hydrogen) atoms. The number of hydrazone groups is 1. The van der Waals surface area contributed by atoms with E-state index in [4.69, 9.17) is 16.9 Å². The lowest BCUT2D eigenvalue weighted by atomic mass is 10.1. The molecule has 0 radical (unpaired) electrons. The van der Waals surface area contributed by atoms with Crippen LogP contribution in [0.3, 0.4) is 0 Å². The molecule has 0 spiro atoms. The number of benzene rings is 1. The minimum Gasteiger partial charge on any atom is -0.448 e. The van der Waals surface area contributed by atoms with Gasteiger partial charge >= 0.3 is 5.97 Å². The van der Waals surface area contributed by atoms with Crippen molar-refractivity contribution in [2.75, 3.05) is 11.6 Å². The van der Waals surface area contributed by atoms with Crippen LogP contribution in [0.2, 0.25) is 0 Å². The van der Waals surface area contributed by atoms with E-state index in [1.54, 1.807) is 24.3 Å². The van der Waals surface area contributed by atoms with Gasteiger partial charge in [0.15, 0.2) is 6.61 Å². The molecule has 1 heterocycles. The van der Waals surface area contributed by atoms with Crippen LogP contribution in [0.25, 0.3) is 0 Å². The first-order valence-electron chi connectivity index (χ1n) is 5.95. The summed E-state index contributed by atoms with van der Waals surface area (Å²) in [5, 5.41) is 5.55. The number of anilines is 1. The van der Waals surface area contributed by atoms with E-state index in [1.165, 1.54) is 5.01 Å². The van der Waals surface area contributed by atoms with Crippen molar-refractivity contribution in [3.8, 4) is 12.3 Å². The SMILES string of the molecule is C#CCOC(=O)C1=NN(c2ccccc2)[C@@H](C(N)=O)C1. The van der Waals surface area contributed by atoms with Crippen LogP contribution in [-0.4, -0.2) is 30.2 Å². The van der Waals surface area contributed by atoms with Crippen molar-refractivity contribution in [1.29, 1.82) is 0 Å². The second-order valence-corrected chi connectivity index (χ2v) is 4.13. The monoisotopic (exact) mass is 271 g/mol. The standard InChI is InChI=1S/C14H13N3O3/c1-2-8-20-14(19)11-9-12(13(15)18)17(16-11)10-6-4-3-5-7-10/h1,3-7,12H,8-9H2,(H2,15,18)/t12-/m1/s1. The van der Waals surface area contributed by atoms with Gasteiger partial charge in [0.25, 0.3) is 0 Å². The fourth-order valence-electron chi connectivity index (χ4n) is 1.86. The minimum atomic E-state index is -0.703. The summed E-state index contributed by atoms with van der Waals surface area (Å²) in [5.74, 6) is 1.01. The first-order valence-corrected chi connectivity index (χ1v) is 5.95. The molecule has 0 aromatic heterocycles. The van der Waals surface area contributed by atoms with Gasteiger partial charge in [0, 0.05) is 6.42 Å². The number of primary amides is 1. The van der Waals surface area contributed by atoms with E-state index in [2.05, 4.69) is 11.0 Å². The maximum atomic E-state index is 11.7. The Bertz CT molecular complexity index is 589. The van der Waals surface area contributed by atoms with Crippen LogP contribution in [0, 0.1) is 12.3 Å². The largest absolute Gasteiger partial charge is 0.448 e. The molecule has 0 saturated heterocycles. The van der Waals surface area contributed by atoms with E-state index in [0.29, 0.717) is 5.69 Å². The highest BCUT2D eigenvalue weighted by Crippen LogP contribution is 2.24. The summed E-state index contributed by atoms with van der Waals surface area (Å²) in [5.41, 5.74) is 6.16. The summed E-state index contributed by atoms with van der Waals surface area (Å²) < 4.78 is 4.80. The van der Waals surface area contributed by atoms with Crippen molar-refractivity contribution in [2.24, 2.45) is 10.8 Å². The molecule has 102 valence electrons. The number of ether oxygens (including phenoxy) is 1. The number of terminal acetylenes is 1. The van der Waals surface area contributed by atoms with Crippen molar-refractivity contribution >= 4 is 23.3 Å². The topological polar surface area (TPSA) is 85.0 Å². The third-order valence-corrected chi connectivity index (χ3v) is 2.78. The third kappa shape index (κ3) is 2.78. The van der Waals surface area contributed by atoms with E-state index < -0.39 is 17.9 Å². The predicted molar refractivity (Wildman–Crippen MR) is 73.7 cm³/mol. The number of hydrogen-bond acceptors (Lipinski definition) is 5.